The summed E-state index contributed by atoms with van der Waals surface area (Å²) in [7, 11) is 0. The van der Waals surface area contributed by atoms with Crippen LogP contribution in [0.1, 0.15) is 5.56 Å². The van der Waals surface area contributed by atoms with E-state index >= 15 is 0 Å². The maximum atomic E-state index is 12.9. The molecule has 0 saturated heterocycles. The molecule has 0 atom stereocenters. The summed E-state index contributed by atoms with van der Waals surface area (Å²) in [4.78, 5) is 10.6. The first-order chi connectivity index (χ1) is 6.95. The van der Waals surface area contributed by atoms with Crippen LogP contribution in [0.5, 0.6) is 5.75 Å². The summed E-state index contributed by atoms with van der Waals surface area (Å²) >= 11 is 0. The fourth-order valence-corrected chi connectivity index (χ4v) is 0.957. The quantitative estimate of drug-likeness (QED) is 0.449. The average molecular weight is 216 g/mol. The van der Waals surface area contributed by atoms with Gasteiger partial charge in [-0.15, -0.1) is 0 Å². The van der Waals surface area contributed by atoms with E-state index in [1.54, 1.807) is 19.1 Å². The molecule has 0 heterocycles. The zero-order valence-corrected chi connectivity index (χ0v) is 7.96. The Kier molecular flexibility index (Phi) is 3.21. The number of hydrazine groups is 1. The highest BCUT2D eigenvalue weighted by Crippen LogP contribution is 2.22. The van der Waals surface area contributed by atoms with Crippen LogP contribution in [0.4, 0.5) is 8.78 Å². The second-order valence-electron chi connectivity index (χ2n) is 2.91. The minimum atomic E-state index is -3.97. The van der Waals surface area contributed by atoms with Crippen molar-refractivity contribution in [1.29, 1.82) is 0 Å². The molecule has 4 nitrogen and oxygen atoms in total. The lowest BCUT2D eigenvalue weighted by molar-refractivity contribution is -0.192. The maximum Gasteiger partial charge on any atom is 0.483 e. The van der Waals surface area contributed by atoms with Crippen LogP contribution in [0.15, 0.2) is 24.3 Å². The predicted molar refractivity (Wildman–Crippen MR) is 49.1 cm³/mol. The minimum absolute atomic E-state index is 0.0939. The highest BCUT2D eigenvalue weighted by molar-refractivity contribution is 5.81. The Balaban J connectivity index is 2.81. The van der Waals surface area contributed by atoms with Gasteiger partial charge in [0.25, 0.3) is 0 Å². The number of halogens is 2. The number of benzene rings is 1. The number of amides is 1. The van der Waals surface area contributed by atoms with Crippen molar-refractivity contribution < 1.29 is 18.3 Å². The molecule has 0 bridgehead atoms. The molecule has 15 heavy (non-hydrogen) atoms. The highest BCUT2D eigenvalue weighted by atomic mass is 19.3. The third-order valence-electron chi connectivity index (χ3n) is 1.63. The van der Waals surface area contributed by atoms with Gasteiger partial charge in [-0.2, -0.15) is 8.78 Å². The number of aryl methyl sites for hydroxylation is 1. The molecule has 0 fully saturated rings. The van der Waals surface area contributed by atoms with E-state index in [0.717, 1.165) is 5.56 Å². The average Bonchev–Trinajstić information content (AvgIpc) is 2.15. The van der Waals surface area contributed by atoms with Crippen LogP contribution in [-0.4, -0.2) is 12.0 Å². The molecule has 6 heteroatoms. The van der Waals surface area contributed by atoms with E-state index in [9.17, 15) is 13.6 Å². The fourth-order valence-electron chi connectivity index (χ4n) is 0.957. The van der Waals surface area contributed by atoms with Crippen LogP contribution in [0.25, 0.3) is 0 Å². The van der Waals surface area contributed by atoms with Crippen LogP contribution >= 0.6 is 0 Å². The number of carbonyl (C=O) groups excluding carboxylic acids is 1. The van der Waals surface area contributed by atoms with Crippen molar-refractivity contribution >= 4 is 5.91 Å². The summed E-state index contributed by atoms with van der Waals surface area (Å²) in [6, 6.07) is 5.97. The normalized spacial score (nSPS) is 10.9. The molecule has 1 rings (SSSR count). The Morgan fingerprint density at radius 2 is 2.20 bits per heavy atom. The van der Waals surface area contributed by atoms with Crippen molar-refractivity contribution in [2.45, 2.75) is 13.0 Å². The first kappa shape index (κ1) is 11.4. The molecule has 0 radical (unpaired) electrons. The molecule has 82 valence electrons. The van der Waals surface area contributed by atoms with E-state index in [-0.39, 0.29) is 5.75 Å². The Morgan fingerprint density at radius 3 is 2.73 bits per heavy atom. The molecule has 1 aromatic carbocycles. The summed E-state index contributed by atoms with van der Waals surface area (Å²) in [5, 5.41) is 0. The van der Waals surface area contributed by atoms with Crippen molar-refractivity contribution in [3.63, 3.8) is 0 Å². The molecular weight excluding hydrogens is 206 g/mol. The molecule has 0 aliphatic carbocycles. The molecule has 0 aromatic heterocycles. The number of alkyl halides is 2. The van der Waals surface area contributed by atoms with Crippen molar-refractivity contribution in [3.8, 4) is 5.75 Å². The van der Waals surface area contributed by atoms with Gasteiger partial charge in [-0.05, 0) is 24.6 Å². The molecule has 3 N–H and O–H groups in total. The molecule has 0 unspecified atom stereocenters. The van der Waals surface area contributed by atoms with E-state index < -0.39 is 12.0 Å². The van der Waals surface area contributed by atoms with Crippen molar-refractivity contribution in [1.82, 2.24) is 5.43 Å². The van der Waals surface area contributed by atoms with Gasteiger partial charge in [-0.1, -0.05) is 12.1 Å². The Hall–Kier alpha value is -1.69. The smallest absolute Gasteiger partial charge is 0.425 e. The van der Waals surface area contributed by atoms with Gasteiger partial charge in [0.1, 0.15) is 5.75 Å². The van der Waals surface area contributed by atoms with Gasteiger partial charge in [-0.25, -0.2) is 5.84 Å². The van der Waals surface area contributed by atoms with Gasteiger partial charge in [0.2, 0.25) is 0 Å². The summed E-state index contributed by atoms with van der Waals surface area (Å²) in [5.41, 5.74) is 2.07. The van der Waals surface area contributed by atoms with Gasteiger partial charge < -0.3 is 4.74 Å². The number of ether oxygens (including phenoxy) is 1. The number of hydrogen-bond donors (Lipinski definition) is 2. The largest absolute Gasteiger partial charge is 0.483 e. The van der Waals surface area contributed by atoms with Crippen molar-refractivity contribution in [2.75, 3.05) is 0 Å². The van der Waals surface area contributed by atoms with E-state index in [1.165, 1.54) is 17.6 Å². The Labute approximate surface area is 85.0 Å². The van der Waals surface area contributed by atoms with Gasteiger partial charge >= 0.3 is 12.0 Å². The lowest BCUT2D eigenvalue weighted by atomic mass is 10.2. The number of hydrogen-bond acceptors (Lipinski definition) is 3. The van der Waals surface area contributed by atoms with Crippen LogP contribution < -0.4 is 16.0 Å². The molecule has 0 aliphatic rings. The maximum absolute atomic E-state index is 12.9. The van der Waals surface area contributed by atoms with E-state index in [4.69, 9.17) is 0 Å². The van der Waals surface area contributed by atoms with Gasteiger partial charge in [-0.3, -0.25) is 10.2 Å². The number of rotatable bonds is 3. The monoisotopic (exact) mass is 216 g/mol. The lowest BCUT2D eigenvalue weighted by Crippen LogP contribution is -2.47. The van der Waals surface area contributed by atoms with Gasteiger partial charge in [0.15, 0.2) is 0 Å². The fraction of sp³-hybridized carbons (Fsp3) is 0.222. The number of nitrogens with one attached hydrogen (secondary N) is 1. The Morgan fingerprint density at radius 1 is 1.53 bits per heavy atom. The van der Waals surface area contributed by atoms with Crippen LogP contribution in [0, 0.1) is 6.92 Å². The lowest BCUT2D eigenvalue weighted by Gasteiger charge is -2.15. The van der Waals surface area contributed by atoms with Crippen LogP contribution in [-0.2, 0) is 4.79 Å². The third-order valence-corrected chi connectivity index (χ3v) is 1.63. The molecule has 0 spiro atoms. The van der Waals surface area contributed by atoms with E-state index in [1.807, 2.05) is 0 Å². The zero-order chi connectivity index (χ0) is 11.5. The highest BCUT2D eigenvalue weighted by Gasteiger charge is 2.41. The second-order valence-corrected chi connectivity index (χ2v) is 2.91. The number of nitrogens with two attached hydrogens (primary N) is 1. The molecular formula is C9H10F2N2O2. The van der Waals surface area contributed by atoms with Crippen molar-refractivity contribution in [2.24, 2.45) is 5.84 Å². The predicted octanol–water partition coefficient (Wildman–Crippen LogP) is 0.957. The second kappa shape index (κ2) is 4.22. The summed E-state index contributed by atoms with van der Waals surface area (Å²) in [5.74, 6) is 2.80. The molecule has 1 aromatic rings. The minimum Gasteiger partial charge on any atom is -0.425 e. The van der Waals surface area contributed by atoms with E-state index in [0.29, 0.717) is 0 Å². The van der Waals surface area contributed by atoms with Gasteiger partial charge in [0.05, 0.1) is 0 Å². The van der Waals surface area contributed by atoms with E-state index in [2.05, 4.69) is 10.6 Å². The molecule has 0 aliphatic heterocycles. The number of carbonyl (C=O) groups is 1. The van der Waals surface area contributed by atoms with Gasteiger partial charge in [0, 0.05) is 0 Å². The summed E-state index contributed by atoms with van der Waals surface area (Å²) in [6.45, 7) is 1.72. The first-order valence-electron chi connectivity index (χ1n) is 4.10. The van der Waals surface area contributed by atoms with Crippen LogP contribution in [0.2, 0.25) is 0 Å². The molecule has 0 saturated carbocycles. The third kappa shape index (κ3) is 2.88. The Bertz CT molecular complexity index is 369. The first-order valence-corrected chi connectivity index (χ1v) is 4.10. The molecule has 1 amide bonds. The van der Waals surface area contributed by atoms with Crippen LogP contribution in [0.3, 0.4) is 0 Å². The topological polar surface area (TPSA) is 64.3 Å². The van der Waals surface area contributed by atoms with Crippen molar-refractivity contribution in [3.05, 3.63) is 29.8 Å². The zero-order valence-electron chi connectivity index (χ0n) is 7.96. The summed E-state index contributed by atoms with van der Waals surface area (Å²) in [6.07, 6.45) is -3.97. The standard InChI is InChI=1S/C9H10F2N2O2/c1-6-3-2-4-7(5-6)15-9(10,11)8(14)13-12/h2-5H,12H2,1H3,(H,13,14). The summed E-state index contributed by atoms with van der Waals surface area (Å²) < 4.78 is 30.1. The SMILES string of the molecule is Cc1cccc(OC(F)(F)C(=O)NN)c1.